The Kier molecular flexibility index (Phi) is 4.07. The molecule has 0 aromatic carbocycles. The minimum atomic E-state index is 0.0322. The maximum atomic E-state index is 8.14. The topological polar surface area (TPSA) is 49.6 Å². The van der Waals surface area contributed by atoms with Crippen molar-refractivity contribution >= 4 is 52.1 Å². The maximum Gasteiger partial charge on any atom is 0.0746 e. The van der Waals surface area contributed by atoms with Crippen molar-refractivity contribution in [2.75, 3.05) is 0 Å². The molecule has 0 radical (unpaired) electrons. The molecule has 0 aliphatic rings. The summed E-state index contributed by atoms with van der Waals surface area (Å²) in [5, 5.41) is 9.18. The number of halogens is 4. The maximum absolute atomic E-state index is 8.14. The predicted octanol–water partition coefficient (Wildman–Crippen LogP) is 4.51. The molecule has 0 aliphatic carbocycles. The molecule has 0 saturated heterocycles. The highest BCUT2D eigenvalue weighted by atomic mass is 35.5. The van der Waals surface area contributed by atoms with Crippen molar-refractivity contribution in [3.8, 4) is 0 Å². The van der Waals surface area contributed by atoms with Crippen LogP contribution in [0.15, 0.2) is 24.8 Å². The van der Waals surface area contributed by atoms with Crippen molar-refractivity contribution in [2.45, 2.75) is 0 Å². The highest BCUT2D eigenvalue weighted by molar-refractivity contribution is 6.45. The lowest BCUT2D eigenvalue weighted by Crippen LogP contribution is -2.06. The van der Waals surface area contributed by atoms with Gasteiger partial charge in [0.05, 0.1) is 25.8 Å². The first-order valence-corrected chi connectivity index (χ1v) is 6.21. The summed E-state index contributed by atoms with van der Waals surface area (Å²) in [6, 6.07) is 0. The summed E-state index contributed by atoms with van der Waals surface area (Å²) in [6.45, 7) is 0. The normalized spacial score (nSPS) is 10.4. The van der Waals surface area contributed by atoms with Crippen LogP contribution in [0, 0.1) is 5.41 Å². The number of nitrogens with zero attached hydrogens (tertiary/aromatic N) is 2. The summed E-state index contributed by atoms with van der Waals surface area (Å²) in [5.74, 6) is 0. The van der Waals surface area contributed by atoms with Gasteiger partial charge in [0.2, 0.25) is 0 Å². The standard InChI is InChI=1S/C11H5Cl4N3/c12-5-1-17-2-6(13)9(5)11(16)10-7(14)3-18-4-8(10)15/h1-4,16H. The fourth-order valence-corrected chi connectivity index (χ4v) is 2.53. The summed E-state index contributed by atoms with van der Waals surface area (Å²) in [7, 11) is 0. The van der Waals surface area contributed by atoms with Gasteiger partial charge >= 0.3 is 0 Å². The molecular weight excluding hydrogens is 316 g/mol. The van der Waals surface area contributed by atoms with Crippen LogP contribution in [0.3, 0.4) is 0 Å². The smallest absolute Gasteiger partial charge is 0.0746 e. The minimum Gasteiger partial charge on any atom is -0.299 e. The van der Waals surface area contributed by atoms with Crippen molar-refractivity contribution in [3.63, 3.8) is 0 Å². The molecule has 0 amide bonds. The molecule has 3 nitrogen and oxygen atoms in total. The van der Waals surface area contributed by atoms with Gasteiger partial charge in [-0.15, -0.1) is 0 Å². The van der Waals surface area contributed by atoms with E-state index in [4.69, 9.17) is 51.8 Å². The van der Waals surface area contributed by atoms with Gasteiger partial charge in [0.1, 0.15) is 0 Å². The Morgan fingerprint density at radius 3 is 1.28 bits per heavy atom. The average molecular weight is 321 g/mol. The quantitative estimate of drug-likeness (QED) is 0.828. The summed E-state index contributed by atoms with van der Waals surface area (Å²) in [4.78, 5) is 7.65. The van der Waals surface area contributed by atoms with Crippen LogP contribution >= 0.6 is 46.4 Å². The van der Waals surface area contributed by atoms with Crippen LogP contribution in [-0.2, 0) is 0 Å². The van der Waals surface area contributed by atoms with E-state index in [0.717, 1.165) is 0 Å². The third-order valence-corrected chi connectivity index (χ3v) is 3.35. The van der Waals surface area contributed by atoms with E-state index in [1.165, 1.54) is 24.8 Å². The number of hydrogen-bond donors (Lipinski definition) is 1. The molecule has 92 valence electrons. The van der Waals surface area contributed by atoms with Gasteiger partial charge in [-0.1, -0.05) is 46.4 Å². The molecule has 2 heterocycles. The van der Waals surface area contributed by atoms with Gasteiger partial charge in [-0.05, 0) is 0 Å². The van der Waals surface area contributed by atoms with Gasteiger partial charge in [-0.25, -0.2) is 0 Å². The summed E-state index contributed by atoms with van der Waals surface area (Å²) in [5.41, 5.74) is 0.705. The summed E-state index contributed by atoms with van der Waals surface area (Å²) < 4.78 is 0. The van der Waals surface area contributed by atoms with E-state index in [1.54, 1.807) is 0 Å². The molecule has 2 rings (SSSR count). The van der Waals surface area contributed by atoms with E-state index in [9.17, 15) is 0 Å². The average Bonchev–Trinajstić information content (AvgIpc) is 2.28. The Morgan fingerprint density at radius 2 is 1.00 bits per heavy atom. The van der Waals surface area contributed by atoms with Crippen LogP contribution < -0.4 is 0 Å². The van der Waals surface area contributed by atoms with Gasteiger partial charge in [0.25, 0.3) is 0 Å². The highest BCUT2D eigenvalue weighted by Gasteiger charge is 2.18. The lowest BCUT2D eigenvalue weighted by atomic mass is 10.0. The van der Waals surface area contributed by atoms with Crippen molar-refractivity contribution in [1.82, 2.24) is 9.97 Å². The lowest BCUT2D eigenvalue weighted by molar-refractivity contribution is 1.29. The first kappa shape index (κ1) is 13.6. The van der Waals surface area contributed by atoms with Crippen LogP contribution in [0.25, 0.3) is 0 Å². The van der Waals surface area contributed by atoms with Crippen molar-refractivity contribution in [1.29, 1.82) is 5.41 Å². The van der Waals surface area contributed by atoms with Gasteiger partial charge in [0.15, 0.2) is 0 Å². The zero-order chi connectivity index (χ0) is 13.3. The molecular formula is C11H5Cl4N3. The molecule has 1 N–H and O–H groups in total. The molecule has 0 unspecified atom stereocenters. The monoisotopic (exact) mass is 319 g/mol. The van der Waals surface area contributed by atoms with Crippen molar-refractivity contribution in [2.24, 2.45) is 0 Å². The van der Waals surface area contributed by atoms with Crippen LogP contribution in [0.2, 0.25) is 20.1 Å². The first-order valence-electron chi connectivity index (χ1n) is 4.69. The number of pyridine rings is 2. The highest BCUT2D eigenvalue weighted by Crippen LogP contribution is 2.31. The Balaban J connectivity index is 2.63. The van der Waals surface area contributed by atoms with E-state index in [-0.39, 0.29) is 25.8 Å². The van der Waals surface area contributed by atoms with Gasteiger partial charge in [0, 0.05) is 35.9 Å². The molecule has 0 fully saturated rings. The molecule has 0 spiro atoms. The molecule has 2 aromatic rings. The fourth-order valence-electron chi connectivity index (χ4n) is 1.43. The van der Waals surface area contributed by atoms with E-state index in [0.29, 0.717) is 11.1 Å². The van der Waals surface area contributed by atoms with Crippen LogP contribution in [0.1, 0.15) is 11.1 Å². The Hall–Kier alpha value is -0.870. The number of hydrogen-bond acceptors (Lipinski definition) is 3. The van der Waals surface area contributed by atoms with Crippen LogP contribution in [0.5, 0.6) is 0 Å². The van der Waals surface area contributed by atoms with Crippen molar-refractivity contribution < 1.29 is 0 Å². The molecule has 0 bridgehead atoms. The number of rotatable bonds is 2. The predicted molar refractivity (Wildman–Crippen MR) is 74.4 cm³/mol. The largest absolute Gasteiger partial charge is 0.299 e. The molecule has 0 saturated carbocycles. The molecule has 2 aromatic heterocycles. The third-order valence-electron chi connectivity index (χ3n) is 2.21. The van der Waals surface area contributed by atoms with Crippen molar-refractivity contribution in [3.05, 3.63) is 56.0 Å². The Labute approximate surface area is 123 Å². The first-order chi connectivity index (χ1) is 8.52. The molecule has 18 heavy (non-hydrogen) atoms. The second-order valence-corrected chi connectivity index (χ2v) is 4.96. The zero-order valence-electron chi connectivity index (χ0n) is 8.72. The van der Waals surface area contributed by atoms with E-state index in [2.05, 4.69) is 9.97 Å². The Bertz CT molecular complexity index is 534. The fraction of sp³-hybridized carbons (Fsp3) is 0. The van der Waals surface area contributed by atoms with Gasteiger partial charge < -0.3 is 0 Å². The van der Waals surface area contributed by atoms with Crippen LogP contribution in [0.4, 0.5) is 0 Å². The summed E-state index contributed by atoms with van der Waals surface area (Å²) in [6.07, 6.45) is 5.61. The second kappa shape index (κ2) is 5.41. The molecule has 0 atom stereocenters. The minimum absolute atomic E-state index is 0.0322. The zero-order valence-corrected chi connectivity index (χ0v) is 11.7. The SMILES string of the molecule is N=C(c1c(Cl)cncc1Cl)c1c(Cl)cncc1Cl. The molecule has 7 heteroatoms. The number of aromatic nitrogens is 2. The lowest BCUT2D eigenvalue weighted by Gasteiger charge is -2.10. The second-order valence-electron chi connectivity index (χ2n) is 3.33. The van der Waals surface area contributed by atoms with E-state index in [1.807, 2.05) is 0 Å². The third kappa shape index (κ3) is 2.45. The summed E-state index contributed by atoms with van der Waals surface area (Å²) >= 11 is 24.0. The Morgan fingerprint density at radius 1 is 0.722 bits per heavy atom. The van der Waals surface area contributed by atoms with Gasteiger partial charge in [-0.2, -0.15) is 0 Å². The molecule has 0 aliphatic heterocycles. The van der Waals surface area contributed by atoms with E-state index < -0.39 is 0 Å². The van der Waals surface area contributed by atoms with E-state index >= 15 is 0 Å². The van der Waals surface area contributed by atoms with Crippen LogP contribution in [-0.4, -0.2) is 15.7 Å². The number of nitrogens with one attached hydrogen (secondary N) is 1. The van der Waals surface area contributed by atoms with Gasteiger partial charge in [-0.3, -0.25) is 15.4 Å².